The number of carbonyl (C=O) groups is 1. The Morgan fingerprint density at radius 3 is 2.67 bits per heavy atom. The first-order valence-electron chi connectivity index (χ1n) is 6.08. The summed E-state index contributed by atoms with van der Waals surface area (Å²) in [5.41, 5.74) is 1.43. The van der Waals surface area contributed by atoms with Crippen molar-refractivity contribution in [2.75, 3.05) is 46.6 Å². The van der Waals surface area contributed by atoms with Crippen molar-refractivity contribution in [1.29, 1.82) is 0 Å². The molecular formula is C13H22N4O. The van der Waals surface area contributed by atoms with Gasteiger partial charge in [0.2, 0.25) is 0 Å². The van der Waals surface area contributed by atoms with Gasteiger partial charge in [-0.15, -0.1) is 0 Å². The lowest BCUT2D eigenvalue weighted by Gasteiger charge is -2.19. The Hall–Kier alpha value is -1.62. The largest absolute Gasteiger partial charge is 0.386 e. The molecule has 1 aromatic heterocycles. The van der Waals surface area contributed by atoms with E-state index in [1.807, 2.05) is 21.1 Å². The van der Waals surface area contributed by atoms with Gasteiger partial charge in [-0.25, -0.2) is 0 Å². The number of nitrogens with one attached hydrogen (secondary N) is 1. The third-order valence-electron chi connectivity index (χ3n) is 2.77. The van der Waals surface area contributed by atoms with Crippen molar-refractivity contribution in [3.05, 3.63) is 24.0 Å². The molecule has 5 heteroatoms. The molecule has 5 nitrogen and oxygen atoms in total. The number of pyridine rings is 1. The van der Waals surface area contributed by atoms with E-state index in [9.17, 15) is 4.79 Å². The Morgan fingerprint density at radius 2 is 2.06 bits per heavy atom. The normalized spacial score (nSPS) is 10.5. The van der Waals surface area contributed by atoms with Gasteiger partial charge < -0.3 is 15.1 Å². The summed E-state index contributed by atoms with van der Waals surface area (Å²) < 4.78 is 0. The molecule has 1 amide bonds. The molecule has 0 bridgehead atoms. The van der Waals surface area contributed by atoms with Gasteiger partial charge in [0.25, 0.3) is 5.91 Å². The molecule has 0 aliphatic heterocycles. The maximum absolute atomic E-state index is 12.2. The lowest BCUT2D eigenvalue weighted by molar-refractivity contribution is 0.0791. The number of carbonyl (C=O) groups excluding carboxylic acids is 1. The smallest absolute Gasteiger partial charge is 0.255 e. The van der Waals surface area contributed by atoms with Crippen LogP contribution in [0.5, 0.6) is 0 Å². The highest BCUT2D eigenvalue weighted by Crippen LogP contribution is 2.14. The van der Waals surface area contributed by atoms with Crippen LogP contribution >= 0.6 is 0 Å². The van der Waals surface area contributed by atoms with Crippen molar-refractivity contribution in [1.82, 2.24) is 14.8 Å². The van der Waals surface area contributed by atoms with E-state index in [0.29, 0.717) is 5.56 Å². The van der Waals surface area contributed by atoms with Crippen LogP contribution in [-0.2, 0) is 0 Å². The van der Waals surface area contributed by atoms with E-state index in [0.717, 1.165) is 25.2 Å². The zero-order chi connectivity index (χ0) is 13.5. The summed E-state index contributed by atoms with van der Waals surface area (Å²) in [5.74, 6) is 0.0282. The molecule has 0 aliphatic carbocycles. The van der Waals surface area contributed by atoms with Gasteiger partial charge in [0.15, 0.2) is 0 Å². The van der Waals surface area contributed by atoms with E-state index in [-0.39, 0.29) is 5.91 Å². The topological polar surface area (TPSA) is 48.5 Å². The molecule has 0 aromatic carbocycles. The minimum Gasteiger partial charge on any atom is -0.386 e. The monoisotopic (exact) mass is 250 g/mol. The maximum atomic E-state index is 12.2. The lowest BCUT2D eigenvalue weighted by Crippen LogP contribution is -2.30. The zero-order valence-corrected chi connectivity index (χ0v) is 11.6. The number of hydrogen-bond acceptors (Lipinski definition) is 4. The average Bonchev–Trinajstić information content (AvgIpc) is 2.37. The number of aromatic nitrogens is 1. The van der Waals surface area contributed by atoms with Crippen molar-refractivity contribution in [2.45, 2.75) is 6.42 Å². The van der Waals surface area contributed by atoms with Crippen LogP contribution in [0.1, 0.15) is 16.8 Å². The van der Waals surface area contributed by atoms with Gasteiger partial charge in [0, 0.05) is 26.8 Å². The second-order valence-electron chi connectivity index (χ2n) is 4.55. The fraction of sp³-hybridized carbons (Fsp3) is 0.538. The molecule has 0 saturated carbocycles. The van der Waals surface area contributed by atoms with Gasteiger partial charge in [-0.05, 0) is 33.1 Å². The molecule has 0 fully saturated rings. The van der Waals surface area contributed by atoms with Crippen LogP contribution in [0.4, 0.5) is 5.69 Å². The predicted octanol–water partition coefficient (Wildman–Crippen LogP) is 1.15. The minimum absolute atomic E-state index is 0.0282. The number of nitrogens with zero attached hydrogens (tertiary/aromatic N) is 3. The van der Waals surface area contributed by atoms with Crippen LogP contribution < -0.4 is 5.32 Å². The van der Waals surface area contributed by atoms with Crippen LogP contribution in [-0.4, -0.2) is 62.0 Å². The van der Waals surface area contributed by atoms with E-state index in [2.05, 4.69) is 15.2 Å². The molecule has 0 radical (unpaired) electrons. The molecule has 18 heavy (non-hydrogen) atoms. The summed E-state index contributed by atoms with van der Waals surface area (Å²) >= 11 is 0. The van der Waals surface area contributed by atoms with Gasteiger partial charge in [0.05, 0.1) is 17.4 Å². The second-order valence-corrected chi connectivity index (χ2v) is 4.55. The van der Waals surface area contributed by atoms with E-state index in [1.165, 1.54) is 0 Å². The van der Waals surface area contributed by atoms with Crippen molar-refractivity contribution in [2.24, 2.45) is 0 Å². The summed E-state index contributed by atoms with van der Waals surface area (Å²) in [7, 11) is 7.69. The van der Waals surface area contributed by atoms with Crippen LogP contribution in [0.15, 0.2) is 18.5 Å². The highest BCUT2D eigenvalue weighted by molar-refractivity contribution is 5.99. The molecule has 0 spiro atoms. The number of anilines is 1. The van der Waals surface area contributed by atoms with Crippen LogP contribution in [0.3, 0.4) is 0 Å². The second kappa shape index (κ2) is 6.96. The highest BCUT2D eigenvalue weighted by atomic mass is 16.2. The first-order valence-corrected chi connectivity index (χ1v) is 6.08. The van der Waals surface area contributed by atoms with Crippen LogP contribution in [0.25, 0.3) is 0 Å². The zero-order valence-electron chi connectivity index (χ0n) is 11.6. The minimum atomic E-state index is 0.0282. The summed E-state index contributed by atoms with van der Waals surface area (Å²) in [5, 5.41) is 2.99. The van der Waals surface area contributed by atoms with Crippen LogP contribution in [0.2, 0.25) is 0 Å². The molecule has 100 valence electrons. The summed E-state index contributed by atoms with van der Waals surface area (Å²) in [6, 6.07) is 1.75. The number of rotatable bonds is 6. The standard InChI is InChI=1S/C13H22N4O/c1-14-12-10-15-7-6-11(12)13(18)17(4)9-5-8-16(2)3/h6-7,10,14H,5,8-9H2,1-4H3. The van der Waals surface area contributed by atoms with E-state index in [1.54, 1.807) is 30.4 Å². The third kappa shape index (κ3) is 4.00. The van der Waals surface area contributed by atoms with E-state index >= 15 is 0 Å². The van der Waals surface area contributed by atoms with Gasteiger partial charge >= 0.3 is 0 Å². The molecule has 1 aromatic rings. The average molecular weight is 250 g/mol. The van der Waals surface area contributed by atoms with E-state index < -0.39 is 0 Å². The molecule has 1 rings (SSSR count). The van der Waals surface area contributed by atoms with Crippen molar-refractivity contribution < 1.29 is 4.79 Å². The first kappa shape index (κ1) is 14.4. The lowest BCUT2D eigenvalue weighted by atomic mass is 10.2. The van der Waals surface area contributed by atoms with Crippen LogP contribution in [0, 0.1) is 0 Å². The SMILES string of the molecule is CNc1cnccc1C(=O)N(C)CCCN(C)C. The molecule has 0 aliphatic rings. The quantitative estimate of drug-likeness (QED) is 0.822. The summed E-state index contributed by atoms with van der Waals surface area (Å²) in [4.78, 5) is 20.1. The fourth-order valence-corrected chi connectivity index (χ4v) is 1.71. The van der Waals surface area contributed by atoms with Gasteiger partial charge in [0.1, 0.15) is 0 Å². The molecular weight excluding hydrogens is 228 g/mol. The highest BCUT2D eigenvalue weighted by Gasteiger charge is 2.14. The van der Waals surface area contributed by atoms with Gasteiger partial charge in [-0.1, -0.05) is 0 Å². The molecule has 0 unspecified atom stereocenters. The Morgan fingerprint density at radius 1 is 1.33 bits per heavy atom. The number of amides is 1. The summed E-state index contributed by atoms with van der Waals surface area (Å²) in [6.45, 7) is 1.73. The predicted molar refractivity (Wildman–Crippen MR) is 73.9 cm³/mol. The maximum Gasteiger partial charge on any atom is 0.255 e. The fourth-order valence-electron chi connectivity index (χ4n) is 1.71. The Balaban J connectivity index is 2.62. The molecule has 0 atom stereocenters. The van der Waals surface area contributed by atoms with Crippen molar-refractivity contribution >= 4 is 11.6 Å². The Kier molecular flexibility index (Phi) is 5.58. The molecule has 0 saturated heterocycles. The summed E-state index contributed by atoms with van der Waals surface area (Å²) in [6.07, 6.45) is 4.28. The first-order chi connectivity index (χ1) is 8.56. The molecule has 1 heterocycles. The van der Waals surface area contributed by atoms with E-state index in [4.69, 9.17) is 0 Å². The molecule has 1 N–H and O–H groups in total. The number of hydrogen-bond donors (Lipinski definition) is 1. The Labute approximate surface area is 109 Å². The van der Waals surface area contributed by atoms with Crippen molar-refractivity contribution in [3.63, 3.8) is 0 Å². The van der Waals surface area contributed by atoms with Gasteiger partial charge in [-0.3, -0.25) is 9.78 Å². The van der Waals surface area contributed by atoms with Gasteiger partial charge in [-0.2, -0.15) is 0 Å². The third-order valence-corrected chi connectivity index (χ3v) is 2.77. The Bertz CT molecular complexity index is 392. The van der Waals surface area contributed by atoms with Crippen molar-refractivity contribution in [3.8, 4) is 0 Å².